The second-order valence-electron chi connectivity index (χ2n) is 6.68. The van der Waals surface area contributed by atoms with Crippen molar-refractivity contribution in [1.29, 1.82) is 0 Å². The summed E-state index contributed by atoms with van der Waals surface area (Å²) in [6, 6.07) is 0. The van der Waals surface area contributed by atoms with Crippen LogP contribution < -0.4 is 10.6 Å². The van der Waals surface area contributed by atoms with Crippen LogP contribution in [0.3, 0.4) is 0 Å². The number of halogens is 1. The molecule has 3 heterocycles. The van der Waals surface area contributed by atoms with Crippen LogP contribution in [0, 0.1) is 17.7 Å². The first-order valence-corrected chi connectivity index (χ1v) is 8.75. The first-order valence-electron chi connectivity index (χ1n) is 8.75. The third-order valence-corrected chi connectivity index (χ3v) is 5.23. The second-order valence-corrected chi connectivity index (χ2v) is 6.68. The van der Waals surface area contributed by atoms with Gasteiger partial charge in [0, 0.05) is 19.7 Å². The van der Waals surface area contributed by atoms with E-state index in [0.29, 0.717) is 30.5 Å². The van der Waals surface area contributed by atoms with Gasteiger partial charge in [-0.1, -0.05) is 6.92 Å². The molecule has 0 aliphatic carbocycles. The van der Waals surface area contributed by atoms with Gasteiger partial charge in [0.2, 0.25) is 5.91 Å². The number of nitrogens with zero attached hydrogens (tertiary/aromatic N) is 3. The fraction of sp³-hybridized carbons (Fsp3) is 0.706. The van der Waals surface area contributed by atoms with E-state index in [0.717, 1.165) is 38.8 Å². The molecule has 2 aliphatic rings. The molecule has 24 heavy (non-hydrogen) atoms. The summed E-state index contributed by atoms with van der Waals surface area (Å²) >= 11 is 0. The summed E-state index contributed by atoms with van der Waals surface area (Å²) in [5.41, 5.74) is 5.92. The monoisotopic (exact) mass is 336 g/mol. The molecular formula is C17H25FN4O2. The minimum atomic E-state index is -0.300. The maximum absolute atomic E-state index is 14.4. The van der Waals surface area contributed by atoms with Crippen molar-refractivity contribution < 1.29 is 13.9 Å². The Kier molecular flexibility index (Phi) is 5.28. The lowest BCUT2D eigenvalue weighted by Crippen LogP contribution is -2.38. The highest BCUT2D eigenvalue weighted by Gasteiger charge is 2.35. The van der Waals surface area contributed by atoms with Crippen molar-refractivity contribution in [2.45, 2.75) is 45.1 Å². The number of carbonyl (C=O) groups is 1. The minimum absolute atomic E-state index is 0.0541. The molecule has 2 fully saturated rings. The lowest BCUT2D eigenvalue weighted by molar-refractivity contribution is -0.123. The van der Waals surface area contributed by atoms with Crippen LogP contribution in [-0.2, 0) is 16.0 Å². The van der Waals surface area contributed by atoms with Crippen LogP contribution in [0.2, 0.25) is 0 Å². The van der Waals surface area contributed by atoms with Gasteiger partial charge in [0.25, 0.3) is 0 Å². The normalized spacial score (nSPS) is 25.2. The number of piperidine rings is 1. The van der Waals surface area contributed by atoms with Crippen molar-refractivity contribution >= 4 is 11.7 Å². The molecule has 2 N–H and O–H groups in total. The molecule has 0 unspecified atom stereocenters. The SMILES string of the molecule is CCc1ncnc(N2CCC(C[C@H]3OCC[C@H]3C(N)=O)CC2)c1F. The molecule has 0 spiro atoms. The topological polar surface area (TPSA) is 81.3 Å². The first kappa shape index (κ1) is 17.1. The van der Waals surface area contributed by atoms with E-state index < -0.39 is 0 Å². The highest BCUT2D eigenvalue weighted by molar-refractivity contribution is 5.77. The number of anilines is 1. The number of nitrogens with two attached hydrogens (primary N) is 1. The molecule has 7 heteroatoms. The standard InChI is InChI=1S/C17H25FN4O2/c1-2-13-15(18)17(21-10-20-13)22-6-3-11(4-7-22)9-14-12(16(19)23)5-8-24-14/h10-12,14H,2-9H2,1H3,(H2,19,23)/t12-,14-/m1/s1. The number of ether oxygens (including phenoxy) is 1. The molecule has 1 amide bonds. The average molecular weight is 336 g/mol. The van der Waals surface area contributed by atoms with E-state index in [-0.39, 0.29) is 23.7 Å². The van der Waals surface area contributed by atoms with Crippen LogP contribution >= 0.6 is 0 Å². The maximum Gasteiger partial charge on any atom is 0.223 e. The molecular weight excluding hydrogens is 311 g/mol. The molecule has 0 bridgehead atoms. The summed E-state index contributed by atoms with van der Waals surface area (Å²) in [4.78, 5) is 21.6. The number of amides is 1. The summed E-state index contributed by atoms with van der Waals surface area (Å²) < 4.78 is 20.1. The molecule has 0 radical (unpaired) electrons. The Labute approximate surface area is 141 Å². The van der Waals surface area contributed by atoms with Crippen LogP contribution in [0.25, 0.3) is 0 Å². The Bertz CT molecular complexity index is 590. The number of primary amides is 1. The Morgan fingerprint density at radius 1 is 1.38 bits per heavy atom. The molecule has 6 nitrogen and oxygen atoms in total. The van der Waals surface area contributed by atoms with Crippen LogP contribution in [0.1, 0.15) is 38.3 Å². The maximum atomic E-state index is 14.4. The van der Waals surface area contributed by atoms with Crippen molar-refractivity contribution in [3.05, 3.63) is 17.8 Å². The predicted octanol–water partition coefficient (Wildman–Crippen LogP) is 1.67. The number of aryl methyl sites for hydroxylation is 1. The van der Waals surface area contributed by atoms with Gasteiger partial charge in [0.1, 0.15) is 6.33 Å². The van der Waals surface area contributed by atoms with Gasteiger partial charge in [-0.2, -0.15) is 0 Å². The number of hydrogen-bond acceptors (Lipinski definition) is 5. The molecule has 132 valence electrons. The molecule has 1 aromatic heterocycles. The van der Waals surface area contributed by atoms with Gasteiger partial charge in [-0.15, -0.1) is 0 Å². The highest BCUT2D eigenvalue weighted by Crippen LogP contribution is 2.32. The quantitative estimate of drug-likeness (QED) is 0.885. The van der Waals surface area contributed by atoms with Gasteiger partial charge in [-0.05, 0) is 38.0 Å². The average Bonchev–Trinajstić information content (AvgIpc) is 3.04. The summed E-state index contributed by atoms with van der Waals surface area (Å²) in [6.45, 7) is 4.02. The van der Waals surface area contributed by atoms with E-state index in [1.165, 1.54) is 6.33 Å². The molecule has 3 rings (SSSR count). The van der Waals surface area contributed by atoms with E-state index in [1.54, 1.807) is 0 Å². The summed E-state index contributed by atoms with van der Waals surface area (Å²) in [6.07, 6.45) is 5.41. The fourth-order valence-electron chi connectivity index (χ4n) is 3.78. The smallest absolute Gasteiger partial charge is 0.223 e. The lowest BCUT2D eigenvalue weighted by Gasteiger charge is -2.34. The van der Waals surface area contributed by atoms with E-state index in [9.17, 15) is 9.18 Å². The van der Waals surface area contributed by atoms with Crippen LogP contribution in [0.4, 0.5) is 10.2 Å². The Hall–Kier alpha value is -1.76. The highest BCUT2D eigenvalue weighted by atomic mass is 19.1. The Morgan fingerprint density at radius 2 is 2.12 bits per heavy atom. The van der Waals surface area contributed by atoms with Crippen molar-refractivity contribution in [3.8, 4) is 0 Å². The van der Waals surface area contributed by atoms with Crippen LogP contribution in [-0.4, -0.2) is 41.7 Å². The third-order valence-electron chi connectivity index (χ3n) is 5.23. The second kappa shape index (κ2) is 7.42. The minimum Gasteiger partial charge on any atom is -0.377 e. The van der Waals surface area contributed by atoms with Crippen molar-refractivity contribution in [3.63, 3.8) is 0 Å². The van der Waals surface area contributed by atoms with Crippen molar-refractivity contribution in [2.24, 2.45) is 17.6 Å². The van der Waals surface area contributed by atoms with Gasteiger partial charge >= 0.3 is 0 Å². The number of hydrogen-bond donors (Lipinski definition) is 1. The van der Waals surface area contributed by atoms with Gasteiger partial charge in [0.15, 0.2) is 11.6 Å². The zero-order chi connectivity index (χ0) is 17.1. The van der Waals surface area contributed by atoms with Gasteiger partial charge in [0.05, 0.1) is 17.7 Å². The molecule has 1 aromatic rings. The van der Waals surface area contributed by atoms with E-state index >= 15 is 0 Å². The van der Waals surface area contributed by atoms with Gasteiger partial charge in [-0.25, -0.2) is 14.4 Å². The largest absolute Gasteiger partial charge is 0.377 e. The number of aromatic nitrogens is 2. The summed E-state index contributed by atoms with van der Waals surface area (Å²) in [5, 5.41) is 0. The van der Waals surface area contributed by atoms with Crippen LogP contribution in [0.15, 0.2) is 6.33 Å². The lowest BCUT2D eigenvalue weighted by atomic mass is 9.86. The Morgan fingerprint density at radius 3 is 2.79 bits per heavy atom. The van der Waals surface area contributed by atoms with Gasteiger partial charge < -0.3 is 15.4 Å². The zero-order valence-electron chi connectivity index (χ0n) is 14.1. The molecule has 2 aliphatic heterocycles. The van der Waals surface area contributed by atoms with Crippen LogP contribution in [0.5, 0.6) is 0 Å². The fourth-order valence-corrected chi connectivity index (χ4v) is 3.78. The molecule has 2 atom stereocenters. The summed E-state index contributed by atoms with van der Waals surface area (Å²) in [7, 11) is 0. The number of rotatable bonds is 5. The molecule has 2 saturated heterocycles. The zero-order valence-corrected chi connectivity index (χ0v) is 14.1. The Balaban J connectivity index is 1.57. The third kappa shape index (κ3) is 3.50. The summed E-state index contributed by atoms with van der Waals surface area (Å²) in [5.74, 6) is 0.167. The molecule has 0 saturated carbocycles. The van der Waals surface area contributed by atoms with Gasteiger partial charge in [-0.3, -0.25) is 4.79 Å². The molecule has 0 aromatic carbocycles. The van der Waals surface area contributed by atoms with Crippen molar-refractivity contribution in [2.75, 3.05) is 24.6 Å². The van der Waals surface area contributed by atoms with E-state index in [1.807, 2.05) is 11.8 Å². The van der Waals surface area contributed by atoms with Crippen molar-refractivity contribution in [1.82, 2.24) is 9.97 Å². The van der Waals surface area contributed by atoms with E-state index in [4.69, 9.17) is 10.5 Å². The number of carbonyl (C=O) groups excluding carboxylic acids is 1. The first-order chi connectivity index (χ1) is 11.6. The van der Waals surface area contributed by atoms with E-state index in [2.05, 4.69) is 9.97 Å². The predicted molar refractivity (Wildman–Crippen MR) is 88.0 cm³/mol.